The Kier molecular flexibility index (Phi) is 2.97. The smallest absolute Gasteiger partial charge is 0.145 e. The first-order valence-corrected chi connectivity index (χ1v) is 7.04. The zero-order valence-electron chi connectivity index (χ0n) is 11.1. The summed E-state index contributed by atoms with van der Waals surface area (Å²) in [4.78, 5) is 0. The van der Waals surface area contributed by atoms with Crippen LogP contribution in [0.1, 0.15) is 49.7 Å². The normalized spacial score (nSPS) is 33.1. The highest BCUT2D eigenvalue weighted by Gasteiger charge is 2.51. The van der Waals surface area contributed by atoms with Gasteiger partial charge in [-0.3, -0.25) is 0 Å². The lowest BCUT2D eigenvalue weighted by atomic mass is 9.96. The van der Waals surface area contributed by atoms with Gasteiger partial charge in [-0.15, -0.1) is 0 Å². The molecular formula is C16H18FNO. The van der Waals surface area contributed by atoms with Gasteiger partial charge >= 0.3 is 0 Å². The monoisotopic (exact) mass is 259 g/mol. The molecule has 0 amide bonds. The molecule has 2 aliphatic carbocycles. The maximum absolute atomic E-state index is 13.7. The Morgan fingerprint density at radius 2 is 1.84 bits per heavy atom. The Labute approximate surface area is 112 Å². The van der Waals surface area contributed by atoms with Gasteiger partial charge in [0, 0.05) is 0 Å². The molecule has 3 rings (SSSR count). The van der Waals surface area contributed by atoms with Crippen molar-refractivity contribution in [2.75, 3.05) is 0 Å². The molecular weight excluding hydrogens is 241 g/mol. The number of hydrogen-bond acceptors (Lipinski definition) is 2. The number of phenolic OH excluding ortho intramolecular Hbond substituents is 1. The summed E-state index contributed by atoms with van der Waals surface area (Å²) in [6.07, 6.45) is 4.92. The first-order chi connectivity index (χ1) is 9.11. The molecule has 1 aromatic carbocycles. The molecule has 0 spiro atoms. The molecule has 0 saturated heterocycles. The van der Waals surface area contributed by atoms with E-state index in [0.717, 1.165) is 11.5 Å². The summed E-state index contributed by atoms with van der Waals surface area (Å²) in [7, 11) is 0. The van der Waals surface area contributed by atoms with E-state index < -0.39 is 5.82 Å². The Morgan fingerprint density at radius 3 is 2.37 bits per heavy atom. The van der Waals surface area contributed by atoms with E-state index in [1.54, 1.807) is 12.1 Å². The number of rotatable bonds is 1. The number of hydrogen-bond donors (Lipinski definition) is 1. The standard InChI is InChI=1S/C16H18FNO/c1-9-2-4-11-12(5-3-9)16(11)10-6-14(17)13(8-18)15(19)7-10/h6-7,9,11-12,16,19H,2-5H2,1H3. The van der Waals surface area contributed by atoms with Gasteiger partial charge in [-0.1, -0.05) is 19.8 Å². The number of benzene rings is 1. The second-order valence-electron chi connectivity index (χ2n) is 6.12. The van der Waals surface area contributed by atoms with E-state index in [4.69, 9.17) is 5.26 Å². The maximum Gasteiger partial charge on any atom is 0.145 e. The highest BCUT2D eigenvalue weighted by atomic mass is 19.1. The van der Waals surface area contributed by atoms with Crippen LogP contribution in [0, 0.1) is 34.9 Å². The first-order valence-electron chi connectivity index (χ1n) is 7.04. The zero-order chi connectivity index (χ0) is 13.6. The van der Waals surface area contributed by atoms with Crippen molar-refractivity contribution >= 4 is 0 Å². The van der Waals surface area contributed by atoms with Crippen LogP contribution in [0.25, 0.3) is 0 Å². The average Bonchev–Trinajstić information content (AvgIpc) is 3.08. The summed E-state index contributed by atoms with van der Waals surface area (Å²) in [5.74, 6) is 1.69. The van der Waals surface area contributed by atoms with Crippen molar-refractivity contribution < 1.29 is 9.50 Å². The summed E-state index contributed by atoms with van der Waals surface area (Å²) in [5.41, 5.74) is 0.636. The molecule has 2 fully saturated rings. The van der Waals surface area contributed by atoms with Crippen molar-refractivity contribution in [2.24, 2.45) is 17.8 Å². The summed E-state index contributed by atoms with van der Waals surface area (Å²) < 4.78 is 13.7. The second kappa shape index (κ2) is 4.52. The van der Waals surface area contributed by atoms with E-state index in [-0.39, 0.29) is 11.3 Å². The number of aromatic hydroxyl groups is 1. The van der Waals surface area contributed by atoms with Crippen LogP contribution in [-0.2, 0) is 0 Å². The summed E-state index contributed by atoms with van der Waals surface area (Å²) in [5, 5.41) is 18.5. The quantitative estimate of drug-likeness (QED) is 0.830. The van der Waals surface area contributed by atoms with Crippen LogP contribution in [0.2, 0.25) is 0 Å². The van der Waals surface area contributed by atoms with Crippen LogP contribution in [0.5, 0.6) is 5.75 Å². The van der Waals surface area contributed by atoms with E-state index in [0.29, 0.717) is 17.8 Å². The van der Waals surface area contributed by atoms with Gasteiger partial charge in [0.05, 0.1) is 0 Å². The van der Waals surface area contributed by atoms with Crippen LogP contribution >= 0.6 is 0 Å². The van der Waals surface area contributed by atoms with Crippen molar-refractivity contribution in [3.05, 3.63) is 29.1 Å². The zero-order valence-corrected chi connectivity index (χ0v) is 11.1. The predicted molar refractivity (Wildman–Crippen MR) is 70.1 cm³/mol. The second-order valence-corrected chi connectivity index (χ2v) is 6.12. The molecule has 1 aromatic rings. The highest BCUT2D eigenvalue weighted by Crippen LogP contribution is 2.61. The summed E-state index contributed by atoms with van der Waals surface area (Å²) in [6.45, 7) is 2.30. The Balaban J connectivity index is 1.84. The number of halogens is 1. The van der Waals surface area contributed by atoms with Gasteiger partial charge in [-0.2, -0.15) is 5.26 Å². The molecule has 2 atom stereocenters. The molecule has 0 aliphatic heterocycles. The van der Waals surface area contributed by atoms with Crippen molar-refractivity contribution in [2.45, 2.75) is 38.5 Å². The van der Waals surface area contributed by atoms with Crippen molar-refractivity contribution in [3.63, 3.8) is 0 Å². The largest absolute Gasteiger partial charge is 0.506 e. The highest BCUT2D eigenvalue weighted by molar-refractivity contribution is 5.47. The summed E-state index contributed by atoms with van der Waals surface area (Å²) >= 11 is 0. The molecule has 2 unspecified atom stereocenters. The van der Waals surface area contributed by atoms with Crippen LogP contribution in [0.3, 0.4) is 0 Å². The number of phenols is 1. The molecule has 0 radical (unpaired) electrons. The molecule has 1 N–H and O–H groups in total. The van der Waals surface area contributed by atoms with Gasteiger partial charge in [0.1, 0.15) is 23.2 Å². The van der Waals surface area contributed by atoms with E-state index in [2.05, 4.69) is 6.92 Å². The molecule has 0 aromatic heterocycles. The van der Waals surface area contributed by atoms with E-state index in [1.165, 1.54) is 31.7 Å². The van der Waals surface area contributed by atoms with Crippen LogP contribution in [0.15, 0.2) is 12.1 Å². The molecule has 100 valence electrons. The van der Waals surface area contributed by atoms with Gasteiger partial charge < -0.3 is 5.11 Å². The number of nitrogens with zero attached hydrogens (tertiary/aromatic N) is 1. The third-order valence-electron chi connectivity index (χ3n) is 4.91. The van der Waals surface area contributed by atoms with Crippen LogP contribution in [0.4, 0.5) is 4.39 Å². The first kappa shape index (κ1) is 12.5. The van der Waals surface area contributed by atoms with E-state index >= 15 is 0 Å². The third kappa shape index (κ3) is 2.10. The van der Waals surface area contributed by atoms with E-state index in [1.807, 2.05) is 0 Å². The maximum atomic E-state index is 13.7. The Morgan fingerprint density at radius 1 is 1.21 bits per heavy atom. The molecule has 0 bridgehead atoms. The lowest BCUT2D eigenvalue weighted by Crippen LogP contribution is -1.96. The Hall–Kier alpha value is -1.56. The SMILES string of the molecule is CC1CCC2C(CC1)C2c1cc(O)c(C#N)c(F)c1. The Bertz CT molecular complexity index is 511. The minimum atomic E-state index is -0.590. The van der Waals surface area contributed by atoms with Gasteiger partial charge in [0.15, 0.2) is 0 Å². The topological polar surface area (TPSA) is 44.0 Å². The average molecular weight is 259 g/mol. The molecule has 2 aliphatic rings. The van der Waals surface area contributed by atoms with Gasteiger partial charge in [0.25, 0.3) is 0 Å². The minimum Gasteiger partial charge on any atom is -0.506 e. The fraction of sp³-hybridized carbons (Fsp3) is 0.562. The fourth-order valence-electron chi connectivity index (χ4n) is 3.74. The molecule has 2 nitrogen and oxygen atoms in total. The lowest BCUT2D eigenvalue weighted by molar-refractivity contribution is 0.460. The number of nitriles is 1. The molecule has 2 saturated carbocycles. The predicted octanol–water partition coefficient (Wildman–Crippen LogP) is 3.94. The minimum absolute atomic E-state index is 0.215. The van der Waals surface area contributed by atoms with Crippen molar-refractivity contribution in [1.82, 2.24) is 0 Å². The lowest BCUT2D eigenvalue weighted by Gasteiger charge is -2.10. The summed E-state index contributed by atoms with van der Waals surface area (Å²) in [6, 6.07) is 4.74. The third-order valence-corrected chi connectivity index (χ3v) is 4.91. The van der Waals surface area contributed by atoms with Gasteiger partial charge in [0.2, 0.25) is 0 Å². The molecule has 0 heterocycles. The van der Waals surface area contributed by atoms with Crippen molar-refractivity contribution in [3.8, 4) is 11.8 Å². The molecule has 3 heteroatoms. The fourth-order valence-corrected chi connectivity index (χ4v) is 3.74. The molecule has 19 heavy (non-hydrogen) atoms. The van der Waals surface area contributed by atoms with E-state index in [9.17, 15) is 9.50 Å². The van der Waals surface area contributed by atoms with Gasteiger partial charge in [-0.25, -0.2) is 4.39 Å². The van der Waals surface area contributed by atoms with Crippen molar-refractivity contribution in [1.29, 1.82) is 5.26 Å². The van der Waals surface area contributed by atoms with Crippen LogP contribution < -0.4 is 0 Å². The number of fused-ring (bicyclic) bond motifs is 1. The van der Waals surface area contributed by atoms with Crippen LogP contribution in [-0.4, -0.2) is 5.11 Å². The van der Waals surface area contributed by atoms with Gasteiger partial charge in [-0.05, 0) is 54.2 Å².